The highest BCUT2D eigenvalue weighted by Gasteiger charge is 2.34. The van der Waals surface area contributed by atoms with Crippen LogP contribution in [0.2, 0.25) is 5.02 Å². The number of nitrogens with zero attached hydrogens (tertiary/aromatic N) is 3. The molecule has 5 nitrogen and oxygen atoms in total. The van der Waals surface area contributed by atoms with Gasteiger partial charge in [-0.3, -0.25) is 0 Å². The fourth-order valence-electron chi connectivity index (χ4n) is 1.41. The summed E-state index contributed by atoms with van der Waals surface area (Å²) < 4.78 is 39.3. The van der Waals surface area contributed by atoms with E-state index >= 15 is 0 Å². The van der Waals surface area contributed by atoms with E-state index in [1.54, 1.807) is 0 Å². The van der Waals surface area contributed by atoms with Crippen molar-refractivity contribution in [3.05, 3.63) is 40.7 Å². The van der Waals surface area contributed by atoms with Gasteiger partial charge in [-0.2, -0.15) is 13.2 Å². The van der Waals surface area contributed by atoms with E-state index in [-0.39, 0.29) is 10.7 Å². The molecule has 0 aliphatic rings. The zero-order chi connectivity index (χ0) is 14.2. The van der Waals surface area contributed by atoms with Crippen LogP contribution in [-0.4, -0.2) is 26.1 Å². The van der Waals surface area contributed by atoms with Crippen molar-refractivity contribution in [1.82, 2.24) is 15.0 Å². The number of alkyl halides is 3. The van der Waals surface area contributed by atoms with Crippen LogP contribution in [0.25, 0.3) is 5.69 Å². The molecule has 100 valence electrons. The predicted octanol–water partition coefficient (Wildman–Crippen LogP) is 2.64. The fourth-order valence-corrected chi connectivity index (χ4v) is 1.59. The molecule has 0 unspecified atom stereocenters. The lowest BCUT2D eigenvalue weighted by Crippen LogP contribution is -2.11. The van der Waals surface area contributed by atoms with E-state index in [1.165, 1.54) is 6.07 Å². The molecule has 0 saturated carbocycles. The molecule has 0 radical (unpaired) electrons. The van der Waals surface area contributed by atoms with Crippen LogP contribution in [0.4, 0.5) is 13.2 Å². The number of benzene rings is 1. The minimum absolute atomic E-state index is 0.0883. The zero-order valence-electron chi connectivity index (χ0n) is 9.02. The quantitative estimate of drug-likeness (QED) is 0.923. The number of hydrogen-bond acceptors (Lipinski definition) is 3. The summed E-state index contributed by atoms with van der Waals surface area (Å²) in [5.74, 6) is -1.38. The van der Waals surface area contributed by atoms with Crippen LogP contribution < -0.4 is 0 Å². The third kappa shape index (κ3) is 2.68. The van der Waals surface area contributed by atoms with Crippen LogP contribution in [0.1, 0.15) is 16.1 Å². The molecule has 1 aromatic carbocycles. The monoisotopic (exact) mass is 291 g/mol. The average Bonchev–Trinajstić information content (AvgIpc) is 2.77. The Bertz CT molecular complexity index is 639. The van der Waals surface area contributed by atoms with Gasteiger partial charge in [0, 0.05) is 5.02 Å². The third-order valence-corrected chi connectivity index (χ3v) is 2.46. The summed E-state index contributed by atoms with van der Waals surface area (Å²) >= 11 is 5.53. The summed E-state index contributed by atoms with van der Waals surface area (Å²) in [6, 6.07) is 3.07. The number of carboxylic acid groups (broad SMARTS) is 1. The number of rotatable bonds is 2. The van der Waals surface area contributed by atoms with E-state index in [4.69, 9.17) is 16.7 Å². The number of carbonyl (C=O) groups is 1. The Morgan fingerprint density at radius 3 is 2.58 bits per heavy atom. The largest absolute Gasteiger partial charge is 0.476 e. The summed E-state index contributed by atoms with van der Waals surface area (Å²) in [6.07, 6.45) is -3.75. The van der Waals surface area contributed by atoms with Crippen molar-refractivity contribution < 1.29 is 23.1 Å². The molecule has 2 rings (SSSR count). The molecule has 0 atom stereocenters. The van der Waals surface area contributed by atoms with Crippen molar-refractivity contribution in [2.45, 2.75) is 6.18 Å². The standard InChI is InChI=1S/C10H5ClF3N3O2/c11-5-1-2-8(6(3-5)10(12,13)14)17-4-7(9(18)19)15-16-17/h1-4H,(H,18,19). The second-order valence-electron chi connectivity index (χ2n) is 3.51. The van der Waals surface area contributed by atoms with Crippen LogP contribution in [0.5, 0.6) is 0 Å². The Morgan fingerprint density at radius 2 is 2.05 bits per heavy atom. The van der Waals surface area contributed by atoms with Gasteiger partial charge in [0.2, 0.25) is 0 Å². The van der Waals surface area contributed by atoms with Crippen molar-refractivity contribution in [3.8, 4) is 5.69 Å². The first-order chi connectivity index (χ1) is 8.79. The van der Waals surface area contributed by atoms with Crippen molar-refractivity contribution in [2.75, 3.05) is 0 Å². The molecular weight excluding hydrogens is 287 g/mol. The number of carboxylic acids is 1. The van der Waals surface area contributed by atoms with Crippen LogP contribution in [0.15, 0.2) is 24.4 Å². The minimum atomic E-state index is -4.64. The van der Waals surface area contributed by atoms with Crippen molar-refractivity contribution >= 4 is 17.6 Å². The van der Waals surface area contributed by atoms with Crippen LogP contribution in [0.3, 0.4) is 0 Å². The van der Waals surface area contributed by atoms with Gasteiger partial charge in [0.05, 0.1) is 17.4 Å². The number of halogens is 4. The molecule has 9 heteroatoms. The maximum Gasteiger partial charge on any atom is 0.418 e. The van der Waals surface area contributed by atoms with Crippen LogP contribution in [-0.2, 0) is 6.18 Å². The molecule has 2 aromatic rings. The Balaban J connectivity index is 2.58. The first-order valence-electron chi connectivity index (χ1n) is 4.82. The fraction of sp³-hybridized carbons (Fsp3) is 0.100. The summed E-state index contributed by atoms with van der Waals surface area (Å²) in [5, 5.41) is 15.2. The molecule has 0 aliphatic carbocycles. The van der Waals surface area contributed by atoms with E-state index in [1.807, 2.05) is 0 Å². The third-order valence-electron chi connectivity index (χ3n) is 2.22. The first-order valence-corrected chi connectivity index (χ1v) is 5.19. The number of hydrogen-bond donors (Lipinski definition) is 1. The molecular formula is C10H5ClF3N3O2. The van der Waals surface area contributed by atoms with Gasteiger partial charge in [-0.25, -0.2) is 9.48 Å². The molecule has 0 amide bonds. The van der Waals surface area contributed by atoms with Gasteiger partial charge in [0.15, 0.2) is 5.69 Å². The average molecular weight is 292 g/mol. The Labute approximate surface area is 109 Å². The Kier molecular flexibility index (Phi) is 3.19. The summed E-state index contributed by atoms with van der Waals surface area (Å²) in [4.78, 5) is 10.6. The van der Waals surface area contributed by atoms with E-state index in [2.05, 4.69) is 10.3 Å². The molecule has 1 heterocycles. The maximum absolute atomic E-state index is 12.8. The van der Waals surface area contributed by atoms with Crippen LogP contribution in [0, 0.1) is 0 Å². The molecule has 0 bridgehead atoms. The highest BCUT2D eigenvalue weighted by Crippen LogP contribution is 2.35. The topological polar surface area (TPSA) is 68.0 Å². The minimum Gasteiger partial charge on any atom is -0.476 e. The molecule has 0 fully saturated rings. The van der Waals surface area contributed by atoms with Crippen molar-refractivity contribution in [3.63, 3.8) is 0 Å². The van der Waals surface area contributed by atoms with E-state index in [0.717, 1.165) is 23.0 Å². The van der Waals surface area contributed by atoms with Gasteiger partial charge in [-0.05, 0) is 18.2 Å². The lowest BCUT2D eigenvalue weighted by Gasteiger charge is -2.12. The SMILES string of the molecule is O=C(O)c1cn(-c2ccc(Cl)cc2C(F)(F)F)nn1. The van der Waals surface area contributed by atoms with Gasteiger partial charge < -0.3 is 5.11 Å². The molecule has 0 saturated heterocycles. The van der Waals surface area contributed by atoms with Crippen molar-refractivity contribution in [2.24, 2.45) is 0 Å². The molecule has 19 heavy (non-hydrogen) atoms. The summed E-state index contributed by atoms with van der Waals surface area (Å²) in [6.45, 7) is 0. The number of aromatic carboxylic acids is 1. The first kappa shape index (κ1) is 13.3. The van der Waals surface area contributed by atoms with Crippen LogP contribution >= 0.6 is 11.6 Å². The lowest BCUT2D eigenvalue weighted by molar-refractivity contribution is -0.137. The lowest BCUT2D eigenvalue weighted by atomic mass is 10.1. The summed E-state index contributed by atoms with van der Waals surface area (Å²) in [7, 11) is 0. The summed E-state index contributed by atoms with van der Waals surface area (Å²) in [5.41, 5.74) is -1.83. The maximum atomic E-state index is 12.8. The van der Waals surface area contributed by atoms with Gasteiger partial charge in [0.25, 0.3) is 0 Å². The molecule has 0 aliphatic heterocycles. The van der Waals surface area contributed by atoms with Gasteiger partial charge >= 0.3 is 12.1 Å². The predicted molar refractivity (Wildman–Crippen MR) is 58.3 cm³/mol. The highest BCUT2D eigenvalue weighted by molar-refractivity contribution is 6.30. The smallest absolute Gasteiger partial charge is 0.418 e. The Hall–Kier alpha value is -2.09. The zero-order valence-corrected chi connectivity index (χ0v) is 9.77. The highest BCUT2D eigenvalue weighted by atomic mass is 35.5. The molecule has 1 aromatic heterocycles. The molecule has 0 spiro atoms. The normalized spacial score (nSPS) is 11.6. The van der Waals surface area contributed by atoms with Crippen molar-refractivity contribution in [1.29, 1.82) is 0 Å². The second-order valence-corrected chi connectivity index (χ2v) is 3.95. The van der Waals surface area contributed by atoms with Gasteiger partial charge in [0.1, 0.15) is 0 Å². The Morgan fingerprint density at radius 1 is 1.37 bits per heavy atom. The number of aromatic nitrogens is 3. The van der Waals surface area contributed by atoms with Gasteiger partial charge in [-0.1, -0.05) is 16.8 Å². The van der Waals surface area contributed by atoms with E-state index in [9.17, 15) is 18.0 Å². The van der Waals surface area contributed by atoms with Gasteiger partial charge in [-0.15, -0.1) is 5.10 Å². The molecule has 1 N–H and O–H groups in total. The second kappa shape index (κ2) is 4.54. The van der Waals surface area contributed by atoms with E-state index < -0.39 is 23.4 Å². The van der Waals surface area contributed by atoms with E-state index in [0.29, 0.717) is 0 Å².